The molecule has 1 fully saturated rings. The Hall–Kier alpha value is -2.73. The van der Waals surface area contributed by atoms with Gasteiger partial charge < -0.3 is 20.1 Å². The number of nitrogens with zero attached hydrogens (tertiary/aromatic N) is 2. The zero-order chi connectivity index (χ0) is 19.2. The van der Waals surface area contributed by atoms with Crippen molar-refractivity contribution in [1.29, 1.82) is 0 Å². The first-order chi connectivity index (χ1) is 13.1. The minimum atomic E-state index is -0.179. The average molecular weight is 369 g/mol. The van der Waals surface area contributed by atoms with Crippen molar-refractivity contribution in [2.24, 2.45) is 0 Å². The Morgan fingerprint density at radius 2 is 1.78 bits per heavy atom. The maximum absolute atomic E-state index is 12.6. The molecule has 1 heterocycles. The largest absolute Gasteiger partial charge is 0.508 e. The normalized spacial score (nSPS) is 16.0. The monoisotopic (exact) mass is 369 g/mol. The number of phenolic OH excluding ortho intramolecular Hbond substituents is 1. The van der Waals surface area contributed by atoms with Crippen LogP contribution in [0, 0.1) is 0 Å². The molecule has 3 rings (SSSR count). The number of piperazine rings is 1. The Morgan fingerprint density at radius 3 is 2.44 bits per heavy atom. The third-order valence-electron chi connectivity index (χ3n) is 5.10. The zero-order valence-corrected chi connectivity index (χ0v) is 15.9. The first kappa shape index (κ1) is 19.0. The summed E-state index contributed by atoms with van der Waals surface area (Å²) >= 11 is 0. The van der Waals surface area contributed by atoms with Crippen LogP contribution in [0.2, 0.25) is 0 Å². The zero-order valence-electron chi connectivity index (χ0n) is 15.9. The van der Waals surface area contributed by atoms with Crippen molar-refractivity contribution in [2.45, 2.75) is 19.5 Å². The van der Waals surface area contributed by atoms with Crippen LogP contribution in [0.4, 0.5) is 5.69 Å². The second-order valence-electron chi connectivity index (χ2n) is 6.75. The Kier molecular flexibility index (Phi) is 6.19. The highest BCUT2D eigenvalue weighted by Crippen LogP contribution is 2.21. The van der Waals surface area contributed by atoms with Gasteiger partial charge in [-0.1, -0.05) is 18.2 Å². The number of carbonyl (C=O) groups excluding carboxylic acids is 1. The Morgan fingerprint density at radius 1 is 1.11 bits per heavy atom. The average Bonchev–Trinajstić information content (AvgIpc) is 2.72. The minimum Gasteiger partial charge on any atom is -0.508 e. The second-order valence-corrected chi connectivity index (χ2v) is 6.75. The molecule has 0 bridgehead atoms. The van der Waals surface area contributed by atoms with Gasteiger partial charge >= 0.3 is 0 Å². The second kappa shape index (κ2) is 8.77. The Bertz CT molecular complexity index is 756. The molecule has 1 amide bonds. The number of anilines is 1. The number of nitrogens with one attached hydrogen (secondary N) is 1. The van der Waals surface area contributed by atoms with Gasteiger partial charge in [-0.05, 0) is 37.3 Å². The van der Waals surface area contributed by atoms with Crippen LogP contribution >= 0.6 is 0 Å². The van der Waals surface area contributed by atoms with E-state index in [2.05, 4.69) is 15.1 Å². The molecule has 0 radical (unpaired) electrons. The molecule has 1 aliphatic heterocycles. The van der Waals surface area contributed by atoms with Gasteiger partial charge in [-0.3, -0.25) is 9.69 Å². The van der Waals surface area contributed by atoms with Gasteiger partial charge in [0.15, 0.2) is 0 Å². The van der Waals surface area contributed by atoms with Crippen molar-refractivity contribution >= 4 is 11.6 Å². The number of carbonyl (C=O) groups is 1. The topological polar surface area (TPSA) is 65.0 Å². The van der Waals surface area contributed by atoms with E-state index in [9.17, 15) is 9.90 Å². The molecule has 0 spiro atoms. The lowest BCUT2D eigenvalue weighted by Crippen LogP contribution is -2.53. The molecule has 2 aromatic rings. The first-order valence-corrected chi connectivity index (χ1v) is 9.26. The van der Waals surface area contributed by atoms with Gasteiger partial charge in [0.2, 0.25) is 5.91 Å². The van der Waals surface area contributed by atoms with Gasteiger partial charge in [0.05, 0.1) is 13.2 Å². The summed E-state index contributed by atoms with van der Waals surface area (Å²) in [4.78, 5) is 17.0. The van der Waals surface area contributed by atoms with Crippen LogP contribution in [0.15, 0.2) is 48.5 Å². The number of para-hydroxylation sites is 1. The summed E-state index contributed by atoms with van der Waals surface area (Å²) in [5.74, 6) is 1.09. The van der Waals surface area contributed by atoms with Crippen LogP contribution in [0.5, 0.6) is 11.5 Å². The Balaban J connectivity index is 1.50. The number of aromatic hydroxyl groups is 1. The summed E-state index contributed by atoms with van der Waals surface area (Å²) < 4.78 is 5.33. The lowest BCUT2D eigenvalue weighted by atomic mass is 10.1. The highest BCUT2D eigenvalue weighted by molar-refractivity contribution is 5.81. The molecule has 1 unspecified atom stereocenters. The first-order valence-electron chi connectivity index (χ1n) is 9.26. The number of benzene rings is 2. The van der Waals surface area contributed by atoms with Gasteiger partial charge in [0.25, 0.3) is 0 Å². The standard InChI is InChI=1S/C21H27N3O3/c1-16(21(26)22-15-17-5-3-4-6-20(17)27-2)23-11-13-24(14-12-23)18-7-9-19(25)10-8-18/h3-10,16,25H,11-15H2,1-2H3,(H,22,26). The molecule has 0 aliphatic carbocycles. The minimum absolute atomic E-state index is 0.0268. The molecule has 2 N–H and O–H groups in total. The van der Waals surface area contributed by atoms with Gasteiger partial charge in [-0.2, -0.15) is 0 Å². The van der Waals surface area contributed by atoms with Gasteiger partial charge in [0, 0.05) is 44.0 Å². The summed E-state index contributed by atoms with van der Waals surface area (Å²) in [6, 6.07) is 14.8. The highest BCUT2D eigenvalue weighted by Gasteiger charge is 2.25. The number of phenols is 1. The molecular formula is C21H27N3O3. The summed E-state index contributed by atoms with van der Waals surface area (Å²) in [5, 5.41) is 12.4. The molecule has 0 aromatic heterocycles. The van der Waals surface area contributed by atoms with E-state index < -0.39 is 0 Å². The number of methoxy groups -OCH3 is 1. The maximum atomic E-state index is 12.6. The molecule has 6 nitrogen and oxygen atoms in total. The van der Waals surface area contributed by atoms with E-state index in [1.54, 1.807) is 19.2 Å². The van der Waals surface area contributed by atoms with E-state index in [0.29, 0.717) is 6.54 Å². The van der Waals surface area contributed by atoms with Crippen LogP contribution in [0.1, 0.15) is 12.5 Å². The van der Waals surface area contributed by atoms with Crippen molar-refractivity contribution in [3.05, 3.63) is 54.1 Å². The molecule has 27 heavy (non-hydrogen) atoms. The third kappa shape index (κ3) is 4.71. The number of rotatable bonds is 6. The number of ether oxygens (including phenoxy) is 1. The molecule has 1 saturated heterocycles. The van der Waals surface area contributed by atoms with Gasteiger partial charge in [0.1, 0.15) is 11.5 Å². The summed E-state index contributed by atoms with van der Waals surface area (Å²) in [7, 11) is 1.64. The highest BCUT2D eigenvalue weighted by atomic mass is 16.5. The van der Waals surface area contributed by atoms with Crippen LogP contribution in [0.3, 0.4) is 0 Å². The molecule has 1 atom stereocenters. The third-order valence-corrected chi connectivity index (χ3v) is 5.10. The van der Waals surface area contributed by atoms with Gasteiger partial charge in [-0.25, -0.2) is 0 Å². The fourth-order valence-corrected chi connectivity index (χ4v) is 3.38. The lowest BCUT2D eigenvalue weighted by Gasteiger charge is -2.38. The van der Waals surface area contributed by atoms with Crippen molar-refractivity contribution in [3.8, 4) is 11.5 Å². The van der Waals surface area contributed by atoms with Crippen LogP contribution < -0.4 is 15.0 Å². The lowest BCUT2D eigenvalue weighted by molar-refractivity contribution is -0.126. The molecule has 1 aliphatic rings. The van der Waals surface area contributed by atoms with Crippen molar-refractivity contribution in [2.75, 3.05) is 38.2 Å². The van der Waals surface area contributed by atoms with E-state index in [0.717, 1.165) is 43.2 Å². The summed E-state index contributed by atoms with van der Waals surface area (Å²) in [5.41, 5.74) is 2.07. The quantitative estimate of drug-likeness (QED) is 0.818. The number of hydrogen-bond donors (Lipinski definition) is 2. The van der Waals surface area contributed by atoms with Crippen LogP contribution in [-0.2, 0) is 11.3 Å². The fraction of sp³-hybridized carbons (Fsp3) is 0.381. The van der Waals surface area contributed by atoms with E-state index in [-0.39, 0.29) is 17.7 Å². The Labute approximate surface area is 160 Å². The molecule has 0 saturated carbocycles. The SMILES string of the molecule is COc1ccccc1CNC(=O)C(C)N1CCN(c2ccc(O)cc2)CC1. The number of hydrogen-bond acceptors (Lipinski definition) is 5. The van der Waals surface area contributed by atoms with E-state index in [1.807, 2.05) is 43.3 Å². The van der Waals surface area contributed by atoms with E-state index in [1.165, 1.54) is 0 Å². The maximum Gasteiger partial charge on any atom is 0.237 e. The van der Waals surface area contributed by atoms with E-state index >= 15 is 0 Å². The van der Waals surface area contributed by atoms with Crippen molar-refractivity contribution in [3.63, 3.8) is 0 Å². The molecular weight excluding hydrogens is 342 g/mol. The predicted molar refractivity (Wildman–Crippen MR) is 106 cm³/mol. The number of amides is 1. The smallest absolute Gasteiger partial charge is 0.237 e. The fourth-order valence-electron chi connectivity index (χ4n) is 3.38. The summed E-state index contributed by atoms with van der Waals surface area (Å²) in [6.07, 6.45) is 0. The van der Waals surface area contributed by atoms with Gasteiger partial charge in [-0.15, -0.1) is 0 Å². The van der Waals surface area contributed by atoms with E-state index in [4.69, 9.17) is 4.74 Å². The molecule has 2 aromatic carbocycles. The van der Waals surface area contributed by atoms with Crippen LogP contribution in [-0.4, -0.2) is 55.2 Å². The predicted octanol–water partition coefficient (Wildman–Crippen LogP) is 2.23. The van der Waals surface area contributed by atoms with Crippen LogP contribution in [0.25, 0.3) is 0 Å². The summed E-state index contributed by atoms with van der Waals surface area (Å²) in [6.45, 7) is 5.77. The molecule has 6 heteroatoms. The van der Waals surface area contributed by atoms with Crippen molar-refractivity contribution in [1.82, 2.24) is 10.2 Å². The molecule has 144 valence electrons. The van der Waals surface area contributed by atoms with Crippen molar-refractivity contribution < 1.29 is 14.6 Å².